The summed E-state index contributed by atoms with van der Waals surface area (Å²) in [6, 6.07) is 29.1. The van der Waals surface area contributed by atoms with E-state index < -0.39 is 89.4 Å². The van der Waals surface area contributed by atoms with E-state index in [4.69, 9.17) is 30.4 Å². The van der Waals surface area contributed by atoms with E-state index in [0.29, 0.717) is 62.9 Å². The van der Waals surface area contributed by atoms with Crippen molar-refractivity contribution in [2.75, 3.05) is 52.8 Å². The quantitative estimate of drug-likeness (QED) is 0.0178. The molecule has 9 N–H and O–H groups in total. The Morgan fingerprint density at radius 1 is 0.710 bits per heavy atom. The lowest BCUT2D eigenvalue weighted by molar-refractivity contribution is -0.149. The lowest BCUT2D eigenvalue weighted by Crippen LogP contribution is -2.55. The molecule has 2 aliphatic rings. The molecule has 5 aromatic rings. The zero-order valence-electron chi connectivity index (χ0n) is 64.4. The van der Waals surface area contributed by atoms with Crippen LogP contribution in [0.5, 0.6) is 0 Å². The van der Waals surface area contributed by atoms with Crippen molar-refractivity contribution in [3.8, 4) is 11.1 Å². The number of rotatable bonds is 43. The topological polar surface area (TPSA) is 339 Å². The zero-order chi connectivity index (χ0) is 78.1. The predicted octanol–water partition coefficient (Wildman–Crippen LogP) is 11.4. The molecule has 1 aromatic heterocycles. The molecule has 0 bridgehead atoms. The van der Waals surface area contributed by atoms with Gasteiger partial charge in [0.1, 0.15) is 19.0 Å². The molecule has 0 saturated carbocycles. The maximum absolute atomic E-state index is 14.8. The standard InChI is InChI=1S/C82H114N10O14S/c1-13-52(6)73(69(103-11)47-71(96)92-41-24-33-66(92)74(104-12)53(7)67(93)45-57(77-85-40-42-107-77)43-54-25-15-14-16-26-54)91(10)78(99)63(50(2)3)46-70(95)82(8,9)90-81(102)105-48-55-34-36-58(37-35-55)88-75(97)56(27-23-39-86-79(84)100)44-68(94)72(51(4)5)89-76(98)65(83)32-21-22-38-87-80(101)106-49-64-61-30-19-17-28-59(61)60-29-18-20-31-62(60)64/h14-20,25-26,28-31,34-37,40,42,50-53,56-57,63-66,69,72-74H,13,21-24,27,32-33,38-39,41,43-49,83H2,1-12H3,(H,87,101)(H,88,97)(H,89,98)(H,90,102)(H3,84,86,100)/t52-,53-,56+,57+,63-,65-,66-,69+,72-,73-,74+/m0/s1. The number of carbonyl (C=O) groups excluding carboxylic acids is 10. The Morgan fingerprint density at radius 2 is 1.36 bits per heavy atom. The number of nitrogens with one attached hydrogen (secondary N) is 5. The first-order chi connectivity index (χ1) is 51.1. The molecule has 2 heterocycles. The van der Waals surface area contributed by atoms with Crippen molar-refractivity contribution in [3.05, 3.63) is 142 Å². The highest BCUT2D eigenvalue weighted by Crippen LogP contribution is 2.45. The number of benzene rings is 4. The average molecular weight is 1500 g/mol. The maximum atomic E-state index is 14.8. The molecule has 1 fully saturated rings. The molecule has 1 aliphatic heterocycles. The van der Waals surface area contributed by atoms with Crippen LogP contribution < -0.4 is 38.1 Å². The molecule has 582 valence electrons. The van der Waals surface area contributed by atoms with E-state index in [1.807, 2.05) is 87.4 Å². The van der Waals surface area contributed by atoms with Gasteiger partial charge in [0.25, 0.3) is 0 Å². The van der Waals surface area contributed by atoms with Crippen LogP contribution in [0.2, 0.25) is 0 Å². The molecule has 0 radical (unpaired) electrons. The van der Waals surface area contributed by atoms with Crippen molar-refractivity contribution in [2.45, 2.75) is 206 Å². The Kier molecular flexibility index (Phi) is 33.0. The third kappa shape index (κ3) is 24.3. The molecule has 0 unspecified atom stereocenters. The van der Waals surface area contributed by atoms with E-state index in [9.17, 15) is 47.9 Å². The van der Waals surface area contributed by atoms with Crippen molar-refractivity contribution in [1.82, 2.24) is 36.1 Å². The van der Waals surface area contributed by atoms with E-state index in [1.54, 1.807) is 77.2 Å². The first-order valence-corrected chi connectivity index (χ1v) is 38.6. The predicted molar refractivity (Wildman–Crippen MR) is 413 cm³/mol. The summed E-state index contributed by atoms with van der Waals surface area (Å²) in [7, 11) is 4.81. The number of ether oxygens (including phenoxy) is 4. The number of fused-ring (bicyclic) bond motifs is 3. The Balaban J connectivity index is 0.871. The number of likely N-dealkylation sites (tertiary alicyclic amines) is 1. The van der Waals surface area contributed by atoms with Crippen LogP contribution in [-0.4, -0.2) is 163 Å². The van der Waals surface area contributed by atoms with Gasteiger partial charge in [-0.15, -0.1) is 11.3 Å². The molecular weight excluding hydrogens is 1380 g/mol. The van der Waals surface area contributed by atoms with Crippen LogP contribution in [0.1, 0.15) is 178 Å². The lowest BCUT2D eigenvalue weighted by Gasteiger charge is -2.41. The number of urea groups is 1. The molecule has 0 spiro atoms. The molecule has 7 rings (SSSR count). The second kappa shape index (κ2) is 41.4. The number of hydrogen-bond donors (Lipinski definition) is 7. The molecule has 11 atom stereocenters. The van der Waals surface area contributed by atoms with Crippen molar-refractivity contribution in [1.29, 1.82) is 0 Å². The third-order valence-electron chi connectivity index (χ3n) is 21.2. The summed E-state index contributed by atoms with van der Waals surface area (Å²) in [5.41, 5.74) is 16.7. The minimum absolute atomic E-state index is 0.0330. The van der Waals surface area contributed by atoms with E-state index >= 15 is 0 Å². The SMILES string of the molecule is CC[C@H](C)[C@@H]([C@@H](CC(=O)N1CCC[C@H]1[C@H](OC)[C@@H](C)C(=O)C[C@@H](Cc1ccccc1)c1nccs1)OC)N(C)C(=O)[C@@H](CC(=O)C(C)(C)NC(=O)OCc1ccc(NC(=O)[C@H](CCCNC(N)=O)CC(=O)[C@@H](NC(=O)[C@@H](N)CCCCNC(=O)OCC2c3ccccc3-c3ccccc32)C(C)C)cc1)C(C)C. The largest absolute Gasteiger partial charge is 0.449 e. The Morgan fingerprint density at radius 3 is 1.97 bits per heavy atom. The van der Waals surface area contributed by atoms with Gasteiger partial charge in [-0.1, -0.05) is 146 Å². The summed E-state index contributed by atoms with van der Waals surface area (Å²) < 4.78 is 23.5. The van der Waals surface area contributed by atoms with Crippen molar-refractivity contribution in [2.24, 2.45) is 47.0 Å². The van der Waals surface area contributed by atoms with Gasteiger partial charge in [-0.3, -0.25) is 33.6 Å². The second-order valence-corrected chi connectivity index (χ2v) is 30.8. The van der Waals surface area contributed by atoms with E-state index in [-0.39, 0.29) is 117 Å². The number of unbranched alkanes of at least 4 members (excludes halogenated alkanes) is 1. The van der Waals surface area contributed by atoms with Gasteiger partial charge in [-0.05, 0) is 128 Å². The third-order valence-corrected chi connectivity index (χ3v) is 22.1. The first kappa shape index (κ1) is 85.3. The average Bonchev–Trinajstić information content (AvgIpc) is 1.62. The molecule has 1 aliphatic carbocycles. The number of amides is 8. The summed E-state index contributed by atoms with van der Waals surface area (Å²) >= 11 is 1.53. The number of anilines is 1. The molecule has 25 heteroatoms. The van der Waals surface area contributed by atoms with E-state index in [1.165, 1.54) is 18.4 Å². The summed E-state index contributed by atoms with van der Waals surface area (Å²) in [5, 5.41) is 16.5. The summed E-state index contributed by atoms with van der Waals surface area (Å²) in [4.78, 5) is 145. The fraction of sp³-hybridized carbons (Fsp3) is 0.549. The van der Waals surface area contributed by atoms with Gasteiger partial charge in [-0.2, -0.15) is 0 Å². The molecule has 107 heavy (non-hydrogen) atoms. The number of hydrogen-bond acceptors (Lipinski definition) is 17. The smallest absolute Gasteiger partial charge is 0.408 e. The number of ketones is 3. The minimum atomic E-state index is -1.48. The molecular formula is C82H114N10O14S. The van der Waals surface area contributed by atoms with Crippen LogP contribution in [0.15, 0.2) is 115 Å². The lowest BCUT2D eigenvalue weighted by atomic mass is 9.83. The van der Waals surface area contributed by atoms with Gasteiger partial charge in [0.15, 0.2) is 11.6 Å². The summed E-state index contributed by atoms with van der Waals surface area (Å²) in [5.74, 6) is -5.51. The maximum Gasteiger partial charge on any atom is 0.408 e. The number of aromatic nitrogens is 1. The molecule has 24 nitrogen and oxygen atoms in total. The zero-order valence-corrected chi connectivity index (χ0v) is 65.2. The second-order valence-electron chi connectivity index (χ2n) is 29.9. The highest BCUT2D eigenvalue weighted by atomic mass is 32.1. The van der Waals surface area contributed by atoms with Gasteiger partial charge < -0.3 is 66.8 Å². The molecule has 1 saturated heterocycles. The molecule has 8 amide bonds. The van der Waals surface area contributed by atoms with Crippen LogP contribution in [0, 0.1) is 35.5 Å². The molecule has 4 aromatic carbocycles. The van der Waals surface area contributed by atoms with Gasteiger partial charge in [-0.25, -0.2) is 19.4 Å². The highest BCUT2D eigenvalue weighted by Gasteiger charge is 2.44. The van der Waals surface area contributed by atoms with Crippen LogP contribution in [0.4, 0.5) is 20.1 Å². The number of Topliss-reactive ketones (excluding diaryl/α,β-unsaturated/α-hetero) is 3. The monoisotopic (exact) mass is 1490 g/mol. The van der Waals surface area contributed by atoms with Gasteiger partial charge in [0.05, 0.1) is 53.3 Å². The van der Waals surface area contributed by atoms with Crippen LogP contribution in [0.25, 0.3) is 11.1 Å². The summed E-state index contributed by atoms with van der Waals surface area (Å²) in [6.45, 7) is 17.1. The normalized spacial score (nSPS) is 16.3. The highest BCUT2D eigenvalue weighted by molar-refractivity contribution is 7.09. The first-order valence-electron chi connectivity index (χ1n) is 37.7. The number of methoxy groups -OCH3 is 2. The van der Waals surface area contributed by atoms with Gasteiger partial charge in [0, 0.05) is 107 Å². The fourth-order valence-corrected chi connectivity index (χ4v) is 15.5. The Bertz CT molecular complexity index is 3720. The van der Waals surface area contributed by atoms with E-state index in [0.717, 1.165) is 39.2 Å². The van der Waals surface area contributed by atoms with Crippen molar-refractivity contribution >= 4 is 76.2 Å². The van der Waals surface area contributed by atoms with E-state index in [2.05, 4.69) is 68.0 Å². The number of primary amides is 1. The van der Waals surface area contributed by atoms with Gasteiger partial charge in [0.2, 0.25) is 23.6 Å². The summed E-state index contributed by atoms with van der Waals surface area (Å²) in [6.07, 6.45) is 3.26. The number of nitrogens with zero attached hydrogens (tertiary/aromatic N) is 3. The minimum Gasteiger partial charge on any atom is -0.449 e. The number of thiazole rings is 1. The fourth-order valence-electron chi connectivity index (χ4n) is 14.7. The van der Waals surface area contributed by atoms with Crippen molar-refractivity contribution in [3.63, 3.8) is 0 Å². The van der Waals surface area contributed by atoms with Crippen LogP contribution in [-0.2, 0) is 65.5 Å². The Labute approximate surface area is 635 Å². The Hall–Kier alpha value is -8.91. The van der Waals surface area contributed by atoms with Gasteiger partial charge >= 0.3 is 18.2 Å². The van der Waals surface area contributed by atoms with Crippen LogP contribution >= 0.6 is 11.3 Å². The van der Waals surface area contributed by atoms with Crippen LogP contribution in [0.3, 0.4) is 0 Å². The number of likely N-dealkylation sites (N-methyl/N-ethyl adjacent to an activating group) is 1. The number of carbonyl (C=O) groups is 10. The number of alkyl carbamates (subject to hydrolysis) is 2. The van der Waals surface area contributed by atoms with Crippen molar-refractivity contribution < 1.29 is 66.9 Å². The number of nitrogens with two attached hydrogens (primary N) is 2.